The van der Waals surface area contributed by atoms with Crippen LogP contribution in [0, 0.1) is 0 Å². The fourth-order valence-corrected chi connectivity index (χ4v) is 7.44. The first-order valence-electron chi connectivity index (χ1n) is 22.0. The third-order valence-electron chi connectivity index (χ3n) is 9.40. The van der Waals surface area contributed by atoms with Crippen molar-refractivity contribution in [1.29, 1.82) is 0 Å². The molecular formula is C44H72Na2O15S2. The summed E-state index contributed by atoms with van der Waals surface area (Å²) in [6, 6.07) is 9.56. The van der Waals surface area contributed by atoms with Crippen LogP contribution in [0.3, 0.4) is 0 Å². The first-order valence-corrected chi connectivity index (χ1v) is 24.8. The van der Waals surface area contributed by atoms with Gasteiger partial charge < -0.3 is 51.7 Å². The van der Waals surface area contributed by atoms with Crippen LogP contribution >= 0.6 is 0 Å². The van der Waals surface area contributed by atoms with Crippen molar-refractivity contribution < 1.29 is 128 Å². The van der Waals surface area contributed by atoms with Crippen LogP contribution in [0.25, 0.3) is 0 Å². The fourth-order valence-electron chi connectivity index (χ4n) is 6.11. The van der Waals surface area contributed by atoms with E-state index in [1.54, 1.807) is 24.3 Å². The maximum Gasteiger partial charge on any atom is 1.00 e. The van der Waals surface area contributed by atoms with Crippen molar-refractivity contribution >= 4 is 20.2 Å². The summed E-state index contributed by atoms with van der Waals surface area (Å²) in [5.41, 5.74) is 1.62. The van der Waals surface area contributed by atoms with Gasteiger partial charge in [-0.3, -0.25) is 0 Å². The maximum atomic E-state index is 11.8. The second kappa shape index (κ2) is 40.6. The molecule has 0 heterocycles. The van der Waals surface area contributed by atoms with Gasteiger partial charge >= 0.3 is 59.1 Å². The average Bonchev–Trinajstić information content (AvgIpc) is 3.23. The van der Waals surface area contributed by atoms with Crippen molar-refractivity contribution in [1.82, 2.24) is 0 Å². The first kappa shape index (κ1) is 62.6. The van der Waals surface area contributed by atoms with Crippen molar-refractivity contribution in [3.63, 3.8) is 0 Å². The van der Waals surface area contributed by atoms with Gasteiger partial charge in [-0.2, -0.15) is 0 Å². The van der Waals surface area contributed by atoms with Gasteiger partial charge in [0.25, 0.3) is 0 Å². The molecule has 0 atom stereocenters. The van der Waals surface area contributed by atoms with E-state index < -0.39 is 20.2 Å². The number of benzene rings is 2. The van der Waals surface area contributed by atoms with Gasteiger partial charge in [0.05, 0.1) is 102 Å². The van der Waals surface area contributed by atoms with Crippen LogP contribution in [0.2, 0.25) is 0 Å². The predicted molar refractivity (Wildman–Crippen MR) is 230 cm³/mol. The van der Waals surface area contributed by atoms with Crippen LogP contribution in [0.1, 0.15) is 102 Å². The van der Waals surface area contributed by atoms with Gasteiger partial charge in [0, 0.05) is 0 Å². The third kappa shape index (κ3) is 32.8. The topological polar surface area (TPSA) is 197 Å². The Labute approximate surface area is 422 Å². The van der Waals surface area contributed by atoms with Crippen molar-refractivity contribution in [3.05, 3.63) is 47.5 Å². The van der Waals surface area contributed by atoms with Gasteiger partial charge in [-0.15, -0.1) is 0 Å². The van der Waals surface area contributed by atoms with Crippen molar-refractivity contribution in [2.45, 2.75) is 114 Å². The molecule has 0 fully saturated rings. The molecule has 0 bridgehead atoms. The van der Waals surface area contributed by atoms with E-state index in [0.717, 1.165) is 62.5 Å². The Bertz CT molecular complexity index is 1500. The van der Waals surface area contributed by atoms with Crippen molar-refractivity contribution in [2.75, 3.05) is 106 Å². The summed E-state index contributed by atoms with van der Waals surface area (Å²) < 4.78 is 121. The first-order chi connectivity index (χ1) is 29.6. The number of aryl methyl sites for hydroxylation is 2. The number of hydrogen-bond acceptors (Lipinski definition) is 15. The van der Waals surface area contributed by atoms with Gasteiger partial charge in [-0.25, -0.2) is 16.8 Å². The van der Waals surface area contributed by atoms with Crippen LogP contribution in [0.4, 0.5) is 0 Å². The minimum Gasteiger partial charge on any atom is -0.744 e. The van der Waals surface area contributed by atoms with Crippen LogP contribution in [-0.2, 0) is 66.2 Å². The van der Waals surface area contributed by atoms with E-state index in [9.17, 15) is 25.9 Å². The van der Waals surface area contributed by atoms with Crippen molar-refractivity contribution in [2.24, 2.45) is 0 Å². The summed E-state index contributed by atoms with van der Waals surface area (Å²) in [6.07, 6.45) is 15.0. The molecule has 0 spiro atoms. The Morgan fingerprint density at radius 3 is 0.905 bits per heavy atom. The molecule has 0 aliphatic carbocycles. The summed E-state index contributed by atoms with van der Waals surface area (Å²) in [7, 11) is -9.35. The second-order valence-corrected chi connectivity index (χ2v) is 17.2. The Morgan fingerprint density at radius 1 is 0.381 bits per heavy atom. The van der Waals surface area contributed by atoms with E-state index in [1.165, 1.54) is 50.7 Å². The third-order valence-corrected chi connectivity index (χ3v) is 11.1. The Kier molecular flexibility index (Phi) is 40.4. The SMILES string of the molecule is CCCCCCCCc1ccc(OCCOCCOCCOCCOCCOCCOCCOCCOc2ccc(CCCCCCCC)cc2S(=O)(=O)[O-])c(S(=O)(=O)[O-])c1.[Na+].[Na+]. The Balaban J connectivity index is 0.0000192. The van der Waals surface area contributed by atoms with Gasteiger partial charge in [-0.1, -0.05) is 90.2 Å². The molecule has 0 aliphatic heterocycles. The molecule has 352 valence electrons. The minimum absolute atomic E-state index is 0. The van der Waals surface area contributed by atoms with Crippen LogP contribution in [0.15, 0.2) is 46.2 Å². The van der Waals surface area contributed by atoms with Crippen LogP contribution in [-0.4, -0.2) is 132 Å². The zero-order valence-electron chi connectivity index (χ0n) is 38.6. The normalized spacial score (nSPS) is 11.6. The smallest absolute Gasteiger partial charge is 0.744 e. The molecule has 0 unspecified atom stereocenters. The zero-order valence-corrected chi connectivity index (χ0v) is 44.3. The maximum absolute atomic E-state index is 11.8. The summed E-state index contributed by atoms with van der Waals surface area (Å²) in [4.78, 5) is -0.669. The van der Waals surface area contributed by atoms with E-state index in [2.05, 4.69) is 13.8 Å². The quantitative estimate of drug-likeness (QED) is 0.0517. The molecule has 0 aromatic heterocycles. The summed E-state index contributed by atoms with van der Waals surface area (Å²) >= 11 is 0. The molecule has 0 saturated heterocycles. The van der Waals surface area contributed by atoms with E-state index in [4.69, 9.17) is 42.6 Å². The number of unbranched alkanes of at least 4 members (excludes halogenated alkanes) is 10. The van der Waals surface area contributed by atoms with E-state index in [0.29, 0.717) is 79.3 Å². The van der Waals surface area contributed by atoms with E-state index in [-0.39, 0.29) is 107 Å². The fraction of sp³-hybridized carbons (Fsp3) is 0.727. The molecule has 2 aromatic rings. The number of rotatable bonds is 42. The second-order valence-electron chi connectivity index (χ2n) is 14.5. The summed E-state index contributed by atoms with van der Waals surface area (Å²) in [5, 5.41) is 0. The van der Waals surface area contributed by atoms with Crippen LogP contribution < -0.4 is 68.6 Å². The molecule has 0 radical (unpaired) electrons. The van der Waals surface area contributed by atoms with Gasteiger partial charge in [0.2, 0.25) is 0 Å². The Hall–Kier alpha value is -0.420. The van der Waals surface area contributed by atoms with Crippen molar-refractivity contribution in [3.8, 4) is 11.5 Å². The van der Waals surface area contributed by atoms with E-state index in [1.807, 2.05) is 0 Å². The average molecular weight is 951 g/mol. The molecule has 0 saturated carbocycles. The van der Waals surface area contributed by atoms with E-state index >= 15 is 0 Å². The molecule has 0 N–H and O–H groups in total. The summed E-state index contributed by atoms with van der Waals surface area (Å²) in [6.45, 7) is 9.54. The molecule has 15 nitrogen and oxygen atoms in total. The number of hydrogen-bond donors (Lipinski definition) is 0. The molecule has 0 aliphatic rings. The van der Waals surface area contributed by atoms with Gasteiger partial charge in [-0.05, 0) is 61.1 Å². The standard InChI is InChI=1S/C44H74O15S2.2Na/c1-3-5-7-9-11-13-15-39-17-19-41(43(37-39)60(45,46)47)58-35-33-56-31-29-54-27-25-52-23-21-51-22-24-53-26-28-55-30-32-57-34-36-59-42-20-18-40(38-44(42)61(48,49)50)16-14-12-10-8-6-4-2;;/h17-20,37-38H,3-16,21-36H2,1-2H3,(H,45,46,47)(H,48,49,50);;/q;2*+1/p-2. The van der Waals surface area contributed by atoms with Gasteiger partial charge in [0.15, 0.2) is 0 Å². The monoisotopic (exact) mass is 950 g/mol. The molecule has 19 heteroatoms. The van der Waals surface area contributed by atoms with Gasteiger partial charge in [0.1, 0.15) is 44.9 Å². The Morgan fingerprint density at radius 2 is 0.635 bits per heavy atom. The largest absolute Gasteiger partial charge is 1.00 e. The molecule has 2 rings (SSSR count). The zero-order chi connectivity index (χ0) is 44.3. The predicted octanol–water partition coefficient (Wildman–Crippen LogP) is 0.883. The molecule has 0 amide bonds. The minimum atomic E-state index is -4.67. The summed E-state index contributed by atoms with van der Waals surface area (Å²) in [5.74, 6) is 0.0798. The molecular weight excluding hydrogens is 879 g/mol. The number of ether oxygens (including phenoxy) is 9. The molecule has 2 aromatic carbocycles. The van der Waals surface area contributed by atoms with Crippen LogP contribution in [0.5, 0.6) is 11.5 Å². The molecule has 63 heavy (non-hydrogen) atoms.